The van der Waals surface area contributed by atoms with E-state index in [1.54, 1.807) is 0 Å². The molecule has 8 N–H and O–H groups in total. The van der Waals surface area contributed by atoms with E-state index in [-0.39, 0.29) is 71.5 Å². The summed E-state index contributed by atoms with van der Waals surface area (Å²) in [6.07, 6.45) is 0.0698. The molecule has 3 aliphatic heterocycles. The van der Waals surface area contributed by atoms with E-state index in [2.05, 4.69) is 19.9 Å². The third kappa shape index (κ3) is 4.57. The predicted octanol–water partition coefficient (Wildman–Crippen LogP) is -0.374. The Morgan fingerprint density at radius 2 is 1.57 bits per heavy atom. The average Bonchev–Trinajstić information content (AvgIpc) is 3.27. The topological polar surface area (TPSA) is 212 Å². The van der Waals surface area contributed by atoms with Crippen LogP contribution in [0, 0.1) is 0 Å². The van der Waals surface area contributed by atoms with Crippen molar-refractivity contribution < 1.29 is 49.8 Å². The number of fused-ring (bicyclic) bond motifs is 1. The molecule has 214 valence electrons. The highest BCUT2D eigenvalue weighted by Crippen LogP contribution is 2.50. The van der Waals surface area contributed by atoms with Crippen molar-refractivity contribution in [2.75, 3.05) is 31.6 Å². The molecule has 0 aromatic heterocycles. The summed E-state index contributed by atoms with van der Waals surface area (Å²) in [5.74, 6) is -5.84. The van der Waals surface area contributed by atoms with Crippen LogP contribution in [0.5, 0.6) is 34.5 Å². The first kappa shape index (κ1) is 27.6. The maximum Gasteiger partial charge on any atom is 0.259 e. The Hall–Kier alpha value is -4.00. The Balaban J connectivity index is 1.45. The quantitative estimate of drug-likeness (QED) is 0.0958. The molecule has 2 saturated heterocycles. The first-order chi connectivity index (χ1) is 19.0. The summed E-state index contributed by atoms with van der Waals surface area (Å²) < 4.78 is 5.31. The summed E-state index contributed by atoms with van der Waals surface area (Å²) in [6, 6.07) is -1.01. The Morgan fingerprint density at radius 3 is 2.25 bits per heavy atom. The number of phenolic OH excluding ortho intramolecular Hbond substituents is 6. The number of nitrogens with one attached hydrogen (secondary N) is 2. The highest BCUT2D eigenvalue weighted by atomic mass is 31.0. The first-order valence-electron chi connectivity index (χ1n) is 12.5. The van der Waals surface area contributed by atoms with Crippen molar-refractivity contribution in [2.45, 2.75) is 38.5 Å². The van der Waals surface area contributed by atoms with Crippen LogP contribution >= 0.6 is 9.24 Å². The summed E-state index contributed by atoms with van der Waals surface area (Å²) in [5.41, 5.74) is -0.231. The largest absolute Gasteiger partial charge is 0.507 e. The van der Waals surface area contributed by atoms with E-state index in [1.165, 1.54) is 0 Å². The number of morpholine rings is 1. The third-order valence-electron chi connectivity index (χ3n) is 7.50. The van der Waals surface area contributed by atoms with Gasteiger partial charge in [-0.2, -0.15) is 0 Å². The molecule has 3 aliphatic rings. The van der Waals surface area contributed by atoms with Crippen LogP contribution in [0.1, 0.15) is 39.9 Å². The Morgan fingerprint density at radius 1 is 0.900 bits per heavy atom. The van der Waals surface area contributed by atoms with Crippen molar-refractivity contribution >= 4 is 38.0 Å². The van der Waals surface area contributed by atoms with Crippen LogP contribution in [-0.4, -0.2) is 90.5 Å². The molecule has 15 heteroatoms. The predicted molar refractivity (Wildman–Crippen MR) is 142 cm³/mol. The second kappa shape index (κ2) is 10.5. The molecule has 14 nitrogen and oxygen atoms in total. The van der Waals surface area contributed by atoms with Crippen LogP contribution < -0.4 is 15.9 Å². The summed E-state index contributed by atoms with van der Waals surface area (Å²) in [6.45, 7) is 1.80. The molecule has 3 amide bonds. The zero-order valence-corrected chi connectivity index (χ0v) is 22.4. The van der Waals surface area contributed by atoms with Gasteiger partial charge in [-0.25, -0.2) is 0 Å². The number of piperidine rings is 1. The van der Waals surface area contributed by atoms with Crippen LogP contribution in [0.4, 0.5) is 5.69 Å². The molecule has 0 radical (unpaired) electrons. The average molecular weight is 576 g/mol. The molecule has 2 atom stereocenters. The fourth-order valence-electron chi connectivity index (χ4n) is 5.28. The standard InChI is InChI=1S/C25H29N4O10P/c30-14-2-1-13(24(37)27-14)29-9-11-15(25(29)38)20(34)22(36)21(35)16(11)26-7-10-17(31)18(32)12(19(33)23(10)40)8-28-3-5-39-6-4-28/h13,26,31-36H,1-9,40H2,(H,27,30,37). The number of imide groups is 1. The molecule has 5 rings (SSSR count). The number of hydrogen-bond donors (Lipinski definition) is 8. The van der Waals surface area contributed by atoms with Gasteiger partial charge in [0.05, 0.1) is 30.0 Å². The minimum Gasteiger partial charge on any atom is -0.507 e. The number of aromatic hydroxyl groups is 6. The number of ether oxygens (including phenoxy) is 1. The van der Waals surface area contributed by atoms with Gasteiger partial charge in [-0.1, -0.05) is 0 Å². The molecule has 0 saturated carbocycles. The normalized spacial score (nSPS) is 19.6. The van der Waals surface area contributed by atoms with E-state index in [4.69, 9.17) is 4.74 Å². The number of hydrogen-bond acceptors (Lipinski definition) is 12. The number of phenols is 6. The van der Waals surface area contributed by atoms with E-state index < -0.39 is 52.5 Å². The van der Waals surface area contributed by atoms with Gasteiger partial charge in [0.15, 0.2) is 23.0 Å². The fourth-order valence-corrected chi connectivity index (χ4v) is 5.69. The molecule has 0 aliphatic carbocycles. The Kier molecular flexibility index (Phi) is 7.25. The molecule has 0 spiro atoms. The molecule has 3 heterocycles. The molecule has 0 bridgehead atoms. The lowest BCUT2D eigenvalue weighted by Gasteiger charge is -2.29. The van der Waals surface area contributed by atoms with E-state index in [0.717, 1.165) is 4.90 Å². The monoisotopic (exact) mass is 576 g/mol. The molecule has 2 aromatic rings. The minimum absolute atomic E-state index is 0.00879. The van der Waals surface area contributed by atoms with Crippen LogP contribution in [0.2, 0.25) is 0 Å². The lowest BCUT2D eigenvalue weighted by Crippen LogP contribution is -2.52. The van der Waals surface area contributed by atoms with Gasteiger partial charge in [-0.15, -0.1) is 9.24 Å². The smallest absolute Gasteiger partial charge is 0.259 e. The Labute approximate surface area is 230 Å². The molecular weight excluding hydrogens is 547 g/mol. The first-order valence-corrected chi connectivity index (χ1v) is 13.1. The van der Waals surface area contributed by atoms with Crippen molar-refractivity contribution in [1.29, 1.82) is 0 Å². The van der Waals surface area contributed by atoms with Gasteiger partial charge in [0.2, 0.25) is 17.6 Å². The summed E-state index contributed by atoms with van der Waals surface area (Å²) in [4.78, 5) is 40.2. The van der Waals surface area contributed by atoms with Crippen molar-refractivity contribution in [1.82, 2.24) is 15.1 Å². The van der Waals surface area contributed by atoms with Crippen LogP contribution in [0.15, 0.2) is 0 Å². The molecule has 2 fully saturated rings. The van der Waals surface area contributed by atoms with E-state index >= 15 is 0 Å². The summed E-state index contributed by atoms with van der Waals surface area (Å²) in [7, 11) is 2.30. The minimum atomic E-state index is -1.01. The zero-order chi connectivity index (χ0) is 28.9. The van der Waals surface area contributed by atoms with Gasteiger partial charge < -0.3 is 45.6 Å². The number of benzene rings is 2. The van der Waals surface area contributed by atoms with E-state index in [9.17, 15) is 45.0 Å². The Bertz CT molecular complexity index is 1400. The zero-order valence-electron chi connectivity index (χ0n) is 21.2. The lowest BCUT2D eigenvalue weighted by atomic mass is 10.0. The van der Waals surface area contributed by atoms with Crippen LogP contribution in [0.3, 0.4) is 0 Å². The van der Waals surface area contributed by atoms with Crippen molar-refractivity contribution in [3.05, 3.63) is 22.3 Å². The van der Waals surface area contributed by atoms with Gasteiger partial charge in [-0.05, 0) is 6.42 Å². The number of amides is 3. The fraction of sp³-hybridized carbons (Fsp3) is 0.400. The number of nitrogens with zero attached hydrogens (tertiary/aromatic N) is 2. The van der Waals surface area contributed by atoms with Crippen molar-refractivity contribution in [2.24, 2.45) is 0 Å². The second-order valence-corrected chi connectivity index (χ2v) is 10.4. The number of rotatable bonds is 6. The molecular formula is C25H29N4O10P. The molecule has 40 heavy (non-hydrogen) atoms. The number of anilines is 1. The van der Waals surface area contributed by atoms with Gasteiger partial charge in [0.1, 0.15) is 11.8 Å². The van der Waals surface area contributed by atoms with Crippen LogP contribution in [-0.2, 0) is 34.0 Å². The SMILES string of the molecule is O=C1CCC(N2Cc3c(NCc4c(O)c(O)c(CN5CCOCC5)c(O)c4P)c(O)c(O)c(O)c3C2=O)C(=O)N1. The molecule has 2 unspecified atom stereocenters. The van der Waals surface area contributed by atoms with Gasteiger partial charge in [0.25, 0.3) is 5.91 Å². The van der Waals surface area contributed by atoms with Gasteiger partial charge in [0, 0.05) is 55.6 Å². The second-order valence-electron chi connectivity index (χ2n) is 9.83. The van der Waals surface area contributed by atoms with E-state index in [1.807, 2.05) is 4.90 Å². The third-order valence-corrected chi connectivity index (χ3v) is 8.13. The summed E-state index contributed by atoms with van der Waals surface area (Å²) >= 11 is 0. The van der Waals surface area contributed by atoms with Crippen molar-refractivity contribution in [3.63, 3.8) is 0 Å². The van der Waals surface area contributed by atoms with Crippen molar-refractivity contribution in [3.8, 4) is 34.5 Å². The maximum atomic E-state index is 13.2. The van der Waals surface area contributed by atoms with E-state index in [0.29, 0.717) is 26.3 Å². The number of carbonyl (C=O) groups excluding carboxylic acids is 3. The number of carbonyl (C=O) groups is 3. The highest BCUT2D eigenvalue weighted by molar-refractivity contribution is 7.28. The molecule has 2 aromatic carbocycles. The van der Waals surface area contributed by atoms with Gasteiger partial charge >= 0.3 is 0 Å². The van der Waals surface area contributed by atoms with Gasteiger partial charge in [-0.3, -0.25) is 24.6 Å². The summed E-state index contributed by atoms with van der Waals surface area (Å²) in [5, 5.41) is 69.0. The maximum absolute atomic E-state index is 13.2. The lowest BCUT2D eigenvalue weighted by molar-refractivity contribution is -0.136. The highest BCUT2D eigenvalue weighted by Gasteiger charge is 2.43. The van der Waals surface area contributed by atoms with Crippen LogP contribution in [0.25, 0.3) is 0 Å².